The highest BCUT2D eigenvalue weighted by Crippen LogP contribution is 2.43. The van der Waals surface area contributed by atoms with Crippen LogP contribution < -0.4 is 4.74 Å². The molecule has 1 fully saturated rings. The molecule has 1 atom stereocenters. The molecule has 3 nitrogen and oxygen atoms in total. The zero-order valence-electron chi connectivity index (χ0n) is 12.4. The Labute approximate surface area is 144 Å². The van der Waals surface area contributed by atoms with Gasteiger partial charge in [-0.25, -0.2) is 0 Å². The second-order valence-electron chi connectivity index (χ2n) is 5.66. The van der Waals surface area contributed by atoms with Crippen molar-refractivity contribution in [2.45, 2.75) is 31.3 Å². The standard InChI is InChI=1S/C18H16Cl2O3/c19-13-11-16(14(20)10-15(13)21)23-18(9-5-4-8-17(18)22)12-6-2-1-3-7-12/h1-3,6-7,10-11,21H,4-5,8-9H2. The maximum Gasteiger partial charge on any atom is 0.192 e. The predicted molar refractivity (Wildman–Crippen MR) is 90.3 cm³/mol. The molecular formula is C18H16Cl2O3. The van der Waals surface area contributed by atoms with E-state index in [-0.39, 0.29) is 21.6 Å². The lowest BCUT2D eigenvalue weighted by molar-refractivity contribution is -0.138. The molecule has 3 rings (SSSR count). The van der Waals surface area contributed by atoms with Gasteiger partial charge in [0.05, 0.1) is 10.0 Å². The molecule has 23 heavy (non-hydrogen) atoms. The number of carbonyl (C=O) groups excluding carboxylic acids is 1. The molecular weight excluding hydrogens is 335 g/mol. The van der Waals surface area contributed by atoms with Crippen molar-refractivity contribution in [2.75, 3.05) is 0 Å². The van der Waals surface area contributed by atoms with Crippen LogP contribution in [-0.4, -0.2) is 10.9 Å². The van der Waals surface area contributed by atoms with E-state index in [4.69, 9.17) is 27.9 Å². The van der Waals surface area contributed by atoms with Gasteiger partial charge in [0.25, 0.3) is 0 Å². The Morgan fingerprint density at radius 1 is 1.04 bits per heavy atom. The van der Waals surface area contributed by atoms with Crippen molar-refractivity contribution < 1.29 is 14.6 Å². The van der Waals surface area contributed by atoms with Crippen LogP contribution in [0.5, 0.6) is 11.5 Å². The van der Waals surface area contributed by atoms with Crippen molar-refractivity contribution in [3.63, 3.8) is 0 Å². The molecule has 0 bridgehead atoms. The molecule has 1 N–H and O–H groups in total. The summed E-state index contributed by atoms with van der Waals surface area (Å²) in [5, 5.41) is 9.98. The van der Waals surface area contributed by atoms with Crippen molar-refractivity contribution in [3.05, 3.63) is 58.1 Å². The molecule has 0 amide bonds. The molecule has 2 aromatic rings. The number of Topliss-reactive ketones (excluding diaryl/α,β-unsaturated/α-hetero) is 1. The number of rotatable bonds is 3. The first kappa shape index (κ1) is 16.2. The summed E-state index contributed by atoms with van der Waals surface area (Å²) in [7, 11) is 0. The summed E-state index contributed by atoms with van der Waals surface area (Å²) in [4.78, 5) is 12.7. The first-order valence-corrected chi connectivity index (χ1v) is 8.24. The number of benzene rings is 2. The fraction of sp³-hybridized carbons (Fsp3) is 0.278. The van der Waals surface area contributed by atoms with Crippen molar-refractivity contribution >= 4 is 29.0 Å². The van der Waals surface area contributed by atoms with Crippen molar-refractivity contribution in [1.82, 2.24) is 0 Å². The van der Waals surface area contributed by atoms with Gasteiger partial charge in [-0.3, -0.25) is 4.79 Å². The molecule has 1 aliphatic carbocycles. The summed E-state index contributed by atoms with van der Waals surface area (Å²) in [6.45, 7) is 0. The minimum Gasteiger partial charge on any atom is -0.506 e. The highest BCUT2D eigenvalue weighted by atomic mass is 35.5. The summed E-state index contributed by atoms with van der Waals surface area (Å²) in [6.07, 6.45) is 2.81. The molecule has 0 radical (unpaired) electrons. The van der Waals surface area contributed by atoms with Gasteiger partial charge < -0.3 is 9.84 Å². The Bertz CT molecular complexity index is 731. The number of hydrogen-bond donors (Lipinski definition) is 1. The minimum absolute atomic E-state index is 0.0372. The summed E-state index contributed by atoms with van der Waals surface area (Å²) in [5.74, 6) is 0.219. The maximum atomic E-state index is 12.7. The third kappa shape index (κ3) is 3.04. The molecule has 1 saturated carbocycles. The lowest BCUT2D eigenvalue weighted by atomic mass is 9.78. The number of aromatic hydroxyl groups is 1. The fourth-order valence-corrected chi connectivity index (χ4v) is 3.31. The molecule has 1 aliphatic rings. The quantitative estimate of drug-likeness (QED) is 0.835. The third-order valence-corrected chi connectivity index (χ3v) is 4.76. The fourth-order valence-electron chi connectivity index (χ4n) is 2.96. The smallest absolute Gasteiger partial charge is 0.192 e. The lowest BCUT2D eigenvalue weighted by Crippen LogP contribution is -2.44. The first-order chi connectivity index (χ1) is 11.0. The van der Waals surface area contributed by atoms with Gasteiger partial charge in [-0.05, 0) is 19.3 Å². The molecule has 0 aliphatic heterocycles. The summed E-state index contributed by atoms with van der Waals surface area (Å²) < 4.78 is 6.13. The molecule has 0 saturated heterocycles. The topological polar surface area (TPSA) is 46.5 Å². The second-order valence-corrected chi connectivity index (χ2v) is 6.47. The summed E-state index contributed by atoms with van der Waals surface area (Å²) in [5.41, 5.74) is -0.242. The highest BCUT2D eigenvalue weighted by Gasteiger charge is 2.44. The van der Waals surface area contributed by atoms with Crippen molar-refractivity contribution in [2.24, 2.45) is 0 Å². The number of ketones is 1. The van der Waals surface area contributed by atoms with Gasteiger partial charge >= 0.3 is 0 Å². The van der Waals surface area contributed by atoms with Crippen LogP contribution in [0.3, 0.4) is 0 Å². The number of phenols is 1. The van der Waals surface area contributed by atoms with E-state index >= 15 is 0 Å². The normalized spacial score (nSPS) is 21.2. The molecule has 0 aromatic heterocycles. The number of phenolic OH excluding ortho intramolecular Hbond substituents is 1. The van der Waals surface area contributed by atoms with Gasteiger partial charge in [-0.2, -0.15) is 0 Å². The molecule has 1 unspecified atom stereocenters. The number of ether oxygens (including phenoxy) is 1. The van der Waals surface area contributed by atoms with Crippen LogP contribution in [0.1, 0.15) is 31.2 Å². The SMILES string of the molecule is O=C1CCCCC1(Oc1cc(Cl)c(O)cc1Cl)c1ccccc1. The Hall–Kier alpha value is -1.71. The van der Waals surface area contributed by atoms with E-state index in [1.807, 2.05) is 30.3 Å². The number of halogens is 2. The van der Waals surface area contributed by atoms with E-state index in [1.165, 1.54) is 12.1 Å². The van der Waals surface area contributed by atoms with Crippen LogP contribution in [0.2, 0.25) is 10.0 Å². The third-order valence-electron chi connectivity index (χ3n) is 4.16. The van der Waals surface area contributed by atoms with Crippen LogP contribution in [0.4, 0.5) is 0 Å². The summed E-state index contributed by atoms with van der Waals surface area (Å²) >= 11 is 12.1. The van der Waals surface area contributed by atoms with E-state index in [0.29, 0.717) is 18.6 Å². The van der Waals surface area contributed by atoms with Crippen LogP contribution in [0.15, 0.2) is 42.5 Å². The van der Waals surface area contributed by atoms with Gasteiger partial charge in [-0.15, -0.1) is 0 Å². The zero-order chi connectivity index (χ0) is 16.4. The molecule has 0 heterocycles. The van der Waals surface area contributed by atoms with Crippen molar-refractivity contribution in [3.8, 4) is 11.5 Å². The largest absolute Gasteiger partial charge is 0.506 e. The van der Waals surface area contributed by atoms with Gasteiger partial charge in [0, 0.05) is 24.1 Å². The minimum atomic E-state index is -1.05. The Kier molecular flexibility index (Phi) is 4.51. The first-order valence-electron chi connectivity index (χ1n) is 7.49. The van der Waals surface area contributed by atoms with Gasteiger partial charge in [0.1, 0.15) is 11.5 Å². The average Bonchev–Trinajstić information content (AvgIpc) is 2.55. The Morgan fingerprint density at radius 2 is 1.78 bits per heavy atom. The van der Waals surface area contributed by atoms with E-state index in [0.717, 1.165) is 18.4 Å². The molecule has 120 valence electrons. The monoisotopic (exact) mass is 350 g/mol. The van der Waals surface area contributed by atoms with Gasteiger partial charge in [0.2, 0.25) is 0 Å². The van der Waals surface area contributed by atoms with Gasteiger partial charge in [-0.1, -0.05) is 53.5 Å². The molecule has 5 heteroatoms. The van der Waals surface area contributed by atoms with Crippen LogP contribution >= 0.6 is 23.2 Å². The highest BCUT2D eigenvalue weighted by molar-refractivity contribution is 6.35. The predicted octanol–water partition coefficient (Wildman–Crippen LogP) is 5.12. The van der Waals surface area contributed by atoms with Crippen molar-refractivity contribution in [1.29, 1.82) is 0 Å². The average molecular weight is 351 g/mol. The van der Waals surface area contributed by atoms with E-state index < -0.39 is 5.60 Å². The summed E-state index contributed by atoms with van der Waals surface area (Å²) in [6, 6.07) is 12.2. The van der Waals surface area contributed by atoms with Crippen LogP contribution in [-0.2, 0) is 10.4 Å². The number of carbonyl (C=O) groups is 1. The van der Waals surface area contributed by atoms with Crippen LogP contribution in [0, 0.1) is 0 Å². The number of hydrogen-bond acceptors (Lipinski definition) is 3. The molecule has 0 spiro atoms. The van der Waals surface area contributed by atoms with E-state index in [1.54, 1.807) is 0 Å². The van der Waals surface area contributed by atoms with Gasteiger partial charge in [0.15, 0.2) is 11.4 Å². The zero-order valence-corrected chi connectivity index (χ0v) is 13.9. The Morgan fingerprint density at radius 3 is 2.48 bits per heavy atom. The second kappa shape index (κ2) is 6.42. The maximum absolute atomic E-state index is 12.7. The molecule has 2 aromatic carbocycles. The van der Waals surface area contributed by atoms with E-state index in [9.17, 15) is 9.90 Å². The van der Waals surface area contributed by atoms with E-state index in [2.05, 4.69) is 0 Å². The Balaban J connectivity index is 2.07. The van der Waals surface area contributed by atoms with Crippen LogP contribution in [0.25, 0.3) is 0 Å². The lowest BCUT2D eigenvalue weighted by Gasteiger charge is -2.36.